The molecular formula is C24H34N6O6. The summed E-state index contributed by atoms with van der Waals surface area (Å²) in [6.07, 6.45) is 1.88. The molecule has 0 radical (unpaired) electrons. The average molecular weight is 503 g/mol. The van der Waals surface area contributed by atoms with Crippen molar-refractivity contribution in [1.29, 1.82) is 0 Å². The third-order valence-corrected chi connectivity index (χ3v) is 5.53. The minimum Gasteiger partial charge on any atom is -0.480 e. The highest BCUT2D eigenvalue weighted by Gasteiger charge is 2.27. The number of benzene rings is 1. The Balaban J connectivity index is 1.91. The van der Waals surface area contributed by atoms with Gasteiger partial charge >= 0.3 is 5.97 Å². The van der Waals surface area contributed by atoms with Gasteiger partial charge < -0.3 is 37.5 Å². The van der Waals surface area contributed by atoms with Gasteiger partial charge in [0, 0.05) is 23.5 Å². The molecule has 0 aliphatic heterocycles. The number of aromatic amines is 1. The van der Waals surface area contributed by atoms with Crippen molar-refractivity contribution in [2.45, 2.75) is 57.7 Å². The fourth-order valence-electron chi connectivity index (χ4n) is 3.69. The fraction of sp³-hybridized carbons (Fsp3) is 0.458. The maximum absolute atomic E-state index is 12.7. The molecule has 0 saturated heterocycles. The van der Waals surface area contributed by atoms with E-state index in [9.17, 15) is 29.1 Å². The lowest BCUT2D eigenvalue weighted by Crippen LogP contribution is -2.54. The van der Waals surface area contributed by atoms with E-state index in [2.05, 4.69) is 20.9 Å². The first-order valence-electron chi connectivity index (χ1n) is 11.7. The second-order valence-electron chi connectivity index (χ2n) is 9.04. The van der Waals surface area contributed by atoms with Gasteiger partial charge in [0.15, 0.2) is 0 Å². The third kappa shape index (κ3) is 8.69. The molecule has 2 rings (SSSR count). The number of carboxylic acid groups (broad SMARTS) is 1. The van der Waals surface area contributed by atoms with Crippen molar-refractivity contribution >= 4 is 40.5 Å². The summed E-state index contributed by atoms with van der Waals surface area (Å²) in [6.45, 7) is 3.26. The molecule has 2 aromatic rings. The van der Waals surface area contributed by atoms with E-state index in [1.807, 2.05) is 38.1 Å². The van der Waals surface area contributed by atoms with E-state index in [1.165, 1.54) is 0 Å². The summed E-state index contributed by atoms with van der Waals surface area (Å²) >= 11 is 0. The number of fused-ring (bicyclic) bond motifs is 1. The van der Waals surface area contributed by atoms with Gasteiger partial charge in [-0.15, -0.1) is 0 Å². The number of hydrogen-bond acceptors (Lipinski definition) is 6. The first kappa shape index (κ1) is 28.3. The quantitative estimate of drug-likeness (QED) is 0.180. The molecule has 1 aromatic heterocycles. The number of aliphatic carboxylic acids is 1. The molecule has 0 spiro atoms. The number of primary amides is 1. The smallest absolute Gasteiger partial charge is 0.326 e. The van der Waals surface area contributed by atoms with Gasteiger partial charge in [0.05, 0.1) is 12.6 Å². The second-order valence-corrected chi connectivity index (χ2v) is 9.04. The van der Waals surface area contributed by atoms with Crippen LogP contribution in [0.2, 0.25) is 0 Å². The Labute approximate surface area is 208 Å². The number of rotatable bonds is 14. The Morgan fingerprint density at radius 2 is 1.72 bits per heavy atom. The van der Waals surface area contributed by atoms with Crippen LogP contribution >= 0.6 is 0 Å². The van der Waals surface area contributed by atoms with Crippen LogP contribution in [0, 0.1) is 5.92 Å². The molecule has 1 heterocycles. The normalized spacial score (nSPS) is 13.6. The molecule has 0 aliphatic rings. The SMILES string of the molecule is CC(C)CC(NC(=O)CNC(=O)C(N)Cc1c[nH]c2ccccc12)C(=O)NC(CCC(N)=O)C(=O)O. The number of nitrogens with two attached hydrogens (primary N) is 2. The van der Waals surface area contributed by atoms with Crippen LogP contribution in [0.15, 0.2) is 30.5 Å². The number of hydrogen-bond donors (Lipinski definition) is 7. The average Bonchev–Trinajstić information content (AvgIpc) is 3.21. The van der Waals surface area contributed by atoms with Gasteiger partial charge in [-0.2, -0.15) is 0 Å². The van der Waals surface area contributed by atoms with Crippen molar-refractivity contribution in [3.8, 4) is 0 Å². The number of carbonyl (C=O) groups excluding carboxylic acids is 4. The second kappa shape index (κ2) is 13.2. The van der Waals surface area contributed by atoms with Crippen molar-refractivity contribution < 1.29 is 29.1 Å². The summed E-state index contributed by atoms with van der Waals surface area (Å²) in [5.74, 6) is -3.90. The number of amides is 4. The van der Waals surface area contributed by atoms with E-state index in [-0.39, 0.29) is 31.6 Å². The Bertz CT molecular complexity index is 1100. The van der Waals surface area contributed by atoms with E-state index in [0.29, 0.717) is 0 Å². The van der Waals surface area contributed by atoms with Crippen LogP contribution in [0.1, 0.15) is 38.7 Å². The summed E-state index contributed by atoms with van der Waals surface area (Å²) in [6, 6.07) is 4.34. The lowest BCUT2D eigenvalue weighted by atomic mass is 10.0. The maximum Gasteiger partial charge on any atom is 0.326 e. The van der Waals surface area contributed by atoms with Crippen LogP contribution in [0.25, 0.3) is 10.9 Å². The molecule has 9 N–H and O–H groups in total. The van der Waals surface area contributed by atoms with Crippen molar-refractivity contribution in [1.82, 2.24) is 20.9 Å². The van der Waals surface area contributed by atoms with Crippen molar-refractivity contribution in [2.24, 2.45) is 17.4 Å². The number of H-pyrrole nitrogens is 1. The number of carbonyl (C=O) groups is 5. The first-order valence-corrected chi connectivity index (χ1v) is 11.7. The molecular weight excluding hydrogens is 468 g/mol. The zero-order valence-electron chi connectivity index (χ0n) is 20.4. The molecule has 1 aromatic carbocycles. The number of nitrogens with one attached hydrogen (secondary N) is 4. The molecule has 0 aliphatic carbocycles. The lowest BCUT2D eigenvalue weighted by molar-refractivity contribution is -0.142. The number of para-hydroxylation sites is 1. The largest absolute Gasteiger partial charge is 0.480 e. The number of aromatic nitrogens is 1. The molecule has 0 saturated carbocycles. The zero-order chi connectivity index (χ0) is 26.8. The standard InChI is InChI=1S/C24H34N6O6/c1-13(2)9-19(23(34)30-18(24(35)36)7-8-20(26)31)29-21(32)12-28-22(33)16(25)10-14-11-27-17-6-4-3-5-15(14)17/h3-6,11,13,16,18-19,27H,7-10,12,25H2,1-2H3,(H2,26,31)(H,28,33)(H,29,32)(H,30,34)(H,35,36). The Kier molecular flexibility index (Phi) is 10.4. The van der Waals surface area contributed by atoms with Crippen molar-refractivity contribution in [3.05, 3.63) is 36.0 Å². The van der Waals surface area contributed by atoms with Crippen LogP contribution in [-0.2, 0) is 30.4 Å². The summed E-state index contributed by atoms with van der Waals surface area (Å²) < 4.78 is 0. The molecule has 36 heavy (non-hydrogen) atoms. The zero-order valence-corrected chi connectivity index (χ0v) is 20.4. The Hall–Kier alpha value is -3.93. The van der Waals surface area contributed by atoms with Gasteiger partial charge in [0.25, 0.3) is 0 Å². The van der Waals surface area contributed by atoms with E-state index < -0.39 is 54.3 Å². The van der Waals surface area contributed by atoms with Gasteiger partial charge in [-0.3, -0.25) is 19.2 Å². The highest BCUT2D eigenvalue weighted by Crippen LogP contribution is 2.18. The van der Waals surface area contributed by atoms with Gasteiger partial charge in [0.1, 0.15) is 12.1 Å². The summed E-state index contributed by atoms with van der Waals surface area (Å²) in [5.41, 5.74) is 12.9. The van der Waals surface area contributed by atoms with E-state index in [1.54, 1.807) is 6.20 Å². The Morgan fingerprint density at radius 3 is 2.36 bits per heavy atom. The predicted molar refractivity (Wildman–Crippen MR) is 132 cm³/mol. The number of carboxylic acids is 1. The molecule has 12 heteroatoms. The predicted octanol–water partition coefficient (Wildman–Crippen LogP) is -0.480. The summed E-state index contributed by atoms with van der Waals surface area (Å²) in [7, 11) is 0. The van der Waals surface area contributed by atoms with Gasteiger partial charge in [-0.25, -0.2) is 4.79 Å². The molecule has 0 bridgehead atoms. The highest BCUT2D eigenvalue weighted by atomic mass is 16.4. The molecule has 3 atom stereocenters. The van der Waals surface area contributed by atoms with Crippen LogP contribution < -0.4 is 27.4 Å². The maximum atomic E-state index is 12.7. The van der Waals surface area contributed by atoms with Crippen LogP contribution in [0.5, 0.6) is 0 Å². The fourth-order valence-corrected chi connectivity index (χ4v) is 3.69. The van der Waals surface area contributed by atoms with Crippen LogP contribution in [0.4, 0.5) is 0 Å². The van der Waals surface area contributed by atoms with Crippen molar-refractivity contribution in [3.63, 3.8) is 0 Å². The molecule has 12 nitrogen and oxygen atoms in total. The van der Waals surface area contributed by atoms with Gasteiger partial charge in [0.2, 0.25) is 23.6 Å². The van der Waals surface area contributed by atoms with E-state index in [0.717, 1.165) is 16.5 Å². The first-order chi connectivity index (χ1) is 17.0. The van der Waals surface area contributed by atoms with E-state index >= 15 is 0 Å². The summed E-state index contributed by atoms with van der Waals surface area (Å²) in [5, 5.41) is 17.6. The van der Waals surface area contributed by atoms with Gasteiger partial charge in [-0.1, -0.05) is 32.0 Å². The molecule has 3 unspecified atom stereocenters. The summed E-state index contributed by atoms with van der Waals surface area (Å²) in [4.78, 5) is 63.1. The monoisotopic (exact) mass is 502 g/mol. The highest BCUT2D eigenvalue weighted by molar-refractivity contribution is 5.93. The molecule has 4 amide bonds. The molecule has 0 fully saturated rings. The minimum absolute atomic E-state index is 0.00543. The third-order valence-electron chi connectivity index (χ3n) is 5.53. The van der Waals surface area contributed by atoms with Gasteiger partial charge in [-0.05, 0) is 36.8 Å². The minimum atomic E-state index is -1.33. The topological polar surface area (TPSA) is 209 Å². The van der Waals surface area contributed by atoms with Crippen LogP contribution in [0.3, 0.4) is 0 Å². The van der Waals surface area contributed by atoms with E-state index in [4.69, 9.17) is 11.5 Å². The van der Waals surface area contributed by atoms with Crippen LogP contribution in [-0.4, -0.2) is 64.4 Å². The molecule has 196 valence electrons. The lowest BCUT2D eigenvalue weighted by Gasteiger charge is -2.23. The Morgan fingerprint density at radius 1 is 1.03 bits per heavy atom. The van der Waals surface area contributed by atoms with Crippen molar-refractivity contribution in [2.75, 3.05) is 6.54 Å².